The molecule has 0 saturated carbocycles. The topological polar surface area (TPSA) is 3.24 Å². The summed E-state index contributed by atoms with van der Waals surface area (Å²) in [5, 5.41) is 2.44. The maximum atomic E-state index is 4.12. The number of hydrogen-bond acceptors (Lipinski definition) is 1. The third kappa shape index (κ3) is 2.59. The molecular formula is C21H23N. The summed E-state index contributed by atoms with van der Waals surface area (Å²) < 4.78 is 0. The number of nitrogens with zero attached hydrogens (tertiary/aromatic N) is 1. The van der Waals surface area contributed by atoms with Crippen LogP contribution in [0.25, 0.3) is 18.4 Å². The van der Waals surface area contributed by atoms with Gasteiger partial charge in [0.05, 0.1) is 0 Å². The third-order valence-electron chi connectivity index (χ3n) is 4.67. The van der Waals surface area contributed by atoms with E-state index in [0.29, 0.717) is 0 Å². The summed E-state index contributed by atoms with van der Waals surface area (Å²) in [6.45, 7) is 10.6. The number of rotatable bonds is 2. The van der Waals surface area contributed by atoms with Gasteiger partial charge in [-0.3, -0.25) is 0 Å². The van der Waals surface area contributed by atoms with E-state index in [-0.39, 0.29) is 0 Å². The molecule has 0 bridgehead atoms. The van der Waals surface area contributed by atoms with E-state index in [1.54, 1.807) is 0 Å². The second-order valence-electron chi connectivity index (χ2n) is 6.33. The fraction of sp³-hybridized carbons (Fsp3) is 0.238. The molecule has 1 nitrogen and oxygen atoms in total. The Balaban J connectivity index is 2.14. The first kappa shape index (κ1) is 14.6. The normalized spacial score (nSPS) is 13.5. The standard InChI is InChI=1S/C21H23N/c1-14-6-7-18(10-15(14)2)13-21-20-12-17(4)16(3)11-19(20)8-9-22(21)5/h6-12H,3,13H2,1-2,4-5H3. The van der Waals surface area contributed by atoms with E-state index in [2.05, 4.69) is 81.9 Å². The van der Waals surface area contributed by atoms with E-state index in [1.807, 2.05) is 0 Å². The molecule has 0 radical (unpaired) electrons. The van der Waals surface area contributed by atoms with Gasteiger partial charge in [-0.2, -0.15) is 0 Å². The summed E-state index contributed by atoms with van der Waals surface area (Å²) in [6, 6.07) is 11.2. The summed E-state index contributed by atoms with van der Waals surface area (Å²) in [5.41, 5.74) is 7.94. The zero-order chi connectivity index (χ0) is 15.9. The number of aryl methyl sites for hydroxylation is 3. The van der Waals surface area contributed by atoms with Gasteiger partial charge in [0, 0.05) is 30.6 Å². The van der Waals surface area contributed by atoms with Gasteiger partial charge in [-0.05, 0) is 72.0 Å². The molecule has 2 aromatic rings. The molecule has 0 aliphatic carbocycles. The quantitative estimate of drug-likeness (QED) is 0.820. The van der Waals surface area contributed by atoms with Crippen molar-refractivity contribution in [2.24, 2.45) is 0 Å². The summed E-state index contributed by atoms with van der Waals surface area (Å²) in [6.07, 6.45) is 5.27. The second kappa shape index (κ2) is 5.49. The van der Waals surface area contributed by atoms with Crippen LogP contribution in [-0.2, 0) is 6.42 Å². The monoisotopic (exact) mass is 289 g/mol. The van der Waals surface area contributed by atoms with Crippen molar-refractivity contribution in [3.8, 4) is 0 Å². The van der Waals surface area contributed by atoms with Gasteiger partial charge < -0.3 is 4.90 Å². The maximum absolute atomic E-state index is 4.12. The fourth-order valence-electron chi connectivity index (χ4n) is 2.96. The Morgan fingerprint density at radius 3 is 2.45 bits per heavy atom. The van der Waals surface area contributed by atoms with Crippen molar-refractivity contribution >= 4 is 18.4 Å². The second-order valence-corrected chi connectivity index (χ2v) is 6.33. The summed E-state index contributed by atoms with van der Waals surface area (Å²) in [5.74, 6) is 0. The highest BCUT2D eigenvalue weighted by Gasteiger charge is 2.12. The Labute approximate surface area is 132 Å². The Morgan fingerprint density at radius 1 is 0.955 bits per heavy atom. The zero-order valence-corrected chi connectivity index (χ0v) is 13.9. The SMILES string of the molecule is C=c1cc2c(cc1C)=C(Cc1ccc(C)c(C)c1)N(C)C=C2. The van der Waals surface area contributed by atoms with Gasteiger partial charge in [-0.25, -0.2) is 0 Å². The lowest BCUT2D eigenvalue weighted by Crippen LogP contribution is -2.28. The van der Waals surface area contributed by atoms with E-state index < -0.39 is 0 Å². The van der Waals surface area contributed by atoms with Gasteiger partial charge >= 0.3 is 0 Å². The molecule has 112 valence electrons. The van der Waals surface area contributed by atoms with Crippen molar-refractivity contribution in [3.05, 3.63) is 74.8 Å². The van der Waals surface area contributed by atoms with Crippen LogP contribution in [0.1, 0.15) is 27.8 Å². The zero-order valence-electron chi connectivity index (χ0n) is 13.9. The minimum absolute atomic E-state index is 0.949. The molecule has 0 spiro atoms. The van der Waals surface area contributed by atoms with Crippen LogP contribution in [0.3, 0.4) is 0 Å². The first-order chi connectivity index (χ1) is 10.5. The van der Waals surface area contributed by atoms with Crippen LogP contribution >= 0.6 is 0 Å². The summed E-state index contributed by atoms with van der Waals surface area (Å²) in [7, 11) is 2.13. The van der Waals surface area contributed by atoms with Crippen molar-refractivity contribution < 1.29 is 0 Å². The predicted octanol–water partition coefficient (Wildman–Crippen LogP) is 3.29. The van der Waals surface area contributed by atoms with E-state index >= 15 is 0 Å². The van der Waals surface area contributed by atoms with Crippen LogP contribution in [0.5, 0.6) is 0 Å². The number of benzene rings is 2. The Hall–Kier alpha value is -2.28. The van der Waals surface area contributed by atoms with Crippen molar-refractivity contribution in [2.75, 3.05) is 7.05 Å². The molecule has 0 saturated heterocycles. The van der Waals surface area contributed by atoms with E-state index in [9.17, 15) is 0 Å². The molecule has 0 aromatic heterocycles. The number of hydrogen-bond donors (Lipinski definition) is 0. The lowest BCUT2D eigenvalue weighted by molar-refractivity contribution is 0.629. The molecule has 1 aliphatic rings. The third-order valence-corrected chi connectivity index (χ3v) is 4.67. The number of likely N-dealkylation sites (N-methyl/N-ethyl adjacent to an activating group) is 1. The predicted molar refractivity (Wildman–Crippen MR) is 95.8 cm³/mol. The van der Waals surface area contributed by atoms with Crippen LogP contribution < -0.4 is 10.4 Å². The average Bonchev–Trinajstić information content (AvgIpc) is 2.48. The van der Waals surface area contributed by atoms with Gasteiger partial charge in [0.2, 0.25) is 0 Å². The van der Waals surface area contributed by atoms with Gasteiger partial charge in [0.15, 0.2) is 0 Å². The number of fused-ring (bicyclic) bond motifs is 1. The molecule has 0 fully saturated rings. The van der Waals surface area contributed by atoms with Crippen molar-refractivity contribution in [1.29, 1.82) is 0 Å². The largest absolute Gasteiger partial charge is 0.354 e. The fourth-order valence-corrected chi connectivity index (χ4v) is 2.96. The Bertz CT molecular complexity index is 872. The van der Waals surface area contributed by atoms with Crippen molar-refractivity contribution in [2.45, 2.75) is 27.2 Å². The minimum atomic E-state index is 0.949. The van der Waals surface area contributed by atoms with Crippen LogP contribution in [0.15, 0.2) is 36.5 Å². The Morgan fingerprint density at radius 2 is 1.73 bits per heavy atom. The molecule has 0 atom stereocenters. The highest BCUT2D eigenvalue weighted by molar-refractivity contribution is 5.64. The van der Waals surface area contributed by atoms with E-state index in [1.165, 1.54) is 38.7 Å². The van der Waals surface area contributed by atoms with Gasteiger partial charge in [-0.1, -0.05) is 24.8 Å². The highest BCUT2D eigenvalue weighted by Crippen LogP contribution is 2.18. The van der Waals surface area contributed by atoms with Gasteiger partial charge in [0.25, 0.3) is 0 Å². The van der Waals surface area contributed by atoms with Crippen molar-refractivity contribution in [1.82, 2.24) is 4.90 Å². The average molecular weight is 289 g/mol. The van der Waals surface area contributed by atoms with Crippen molar-refractivity contribution in [3.63, 3.8) is 0 Å². The van der Waals surface area contributed by atoms with Gasteiger partial charge in [0.1, 0.15) is 0 Å². The molecule has 1 aliphatic heterocycles. The molecule has 3 rings (SSSR count). The van der Waals surface area contributed by atoms with Crippen LogP contribution in [0.4, 0.5) is 0 Å². The smallest absolute Gasteiger partial charge is 0.0294 e. The highest BCUT2D eigenvalue weighted by atomic mass is 15.1. The molecule has 1 heterocycles. The maximum Gasteiger partial charge on any atom is 0.0294 e. The molecule has 0 amide bonds. The summed E-state index contributed by atoms with van der Waals surface area (Å²) >= 11 is 0. The van der Waals surface area contributed by atoms with Gasteiger partial charge in [-0.15, -0.1) is 0 Å². The molecular weight excluding hydrogens is 266 g/mol. The minimum Gasteiger partial charge on any atom is -0.354 e. The van der Waals surface area contributed by atoms with E-state index in [4.69, 9.17) is 0 Å². The Kier molecular flexibility index (Phi) is 3.66. The molecule has 1 heteroatoms. The molecule has 2 aromatic carbocycles. The van der Waals surface area contributed by atoms with Crippen LogP contribution in [-0.4, -0.2) is 11.9 Å². The van der Waals surface area contributed by atoms with Crippen LogP contribution in [0, 0.1) is 20.8 Å². The lowest BCUT2D eigenvalue weighted by Gasteiger charge is -2.24. The lowest BCUT2D eigenvalue weighted by atomic mass is 9.97. The molecule has 0 N–H and O–H groups in total. The van der Waals surface area contributed by atoms with Crippen LogP contribution in [0.2, 0.25) is 0 Å². The first-order valence-corrected chi connectivity index (χ1v) is 7.75. The molecule has 0 unspecified atom stereocenters. The first-order valence-electron chi connectivity index (χ1n) is 7.75. The van der Waals surface area contributed by atoms with E-state index in [0.717, 1.165) is 11.6 Å². The molecule has 22 heavy (non-hydrogen) atoms. The summed E-state index contributed by atoms with van der Waals surface area (Å²) in [4.78, 5) is 2.24.